The Morgan fingerprint density at radius 2 is 2.06 bits per heavy atom. The largest absolute Gasteiger partial charge is 0.409 e. The van der Waals surface area contributed by atoms with Crippen molar-refractivity contribution >= 4 is 7.75 Å². The summed E-state index contributed by atoms with van der Waals surface area (Å²) in [5.41, 5.74) is -1.24. The van der Waals surface area contributed by atoms with Gasteiger partial charge >= 0.3 is 7.75 Å². The van der Waals surface area contributed by atoms with Crippen LogP contribution in [0.4, 0.5) is 0 Å². The van der Waals surface area contributed by atoms with Gasteiger partial charge in [-0.3, -0.25) is 19.2 Å². The van der Waals surface area contributed by atoms with Crippen molar-refractivity contribution in [3.8, 4) is 0 Å². The molecule has 0 aromatic carbocycles. The van der Waals surface area contributed by atoms with Crippen LogP contribution in [0.5, 0.6) is 0 Å². The van der Waals surface area contributed by atoms with Gasteiger partial charge in [0.25, 0.3) is 5.54 Å². The summed E-state index contributed by atoms with van der Waals surface area (Å²) in [6, 6.07) is 0.227. The Morgan fingerprint density at radius 3 is 2.41 bits per heavy atom. The highest BCUT2D eigenvalue weighted by molar-refractivity contribution is 7.51. The summed E-state index contributed by atoms with van der Waals surface area (Å²) in [5, 5.41) is 11.0. The first-order valence-corrected chi connectivity index (χ1v) is 7.28. The van der Waals surface area contributed by atoms with Gasteiger partial charge in [0, 0.05) is 23.9 Å². The molecular formula is C9H17N2O5P. The van der Waals surface area contributed by atoms with Gasteiger partial charge in [0.15, 0.2) is 0 Å². The van der Waals surface area contributed by atoms with E-state index < -0.39 is 18.2 Å². The van der Waals surface area contributed by atoms with Crippen LogP contribution in [0.1, 0.15) is 26.7 Å². The van der Waals surface area contributed by atoms with Crippen molar-refractivity contribution in [3.63, 3.8) is 0 Å². The zero-order valence-corrected chi connectivity index (χ0v) is 10.9. The molecule has 0 aromatic rings. The molecule has 8 heteroatoms. The van der Waals surface area contributed by atoms with Crippen molar-refractivity contribution in [2.75, 3.05) is 19.8 Å². The van der Waals surface area contributed by atoms with Gasteiger partial charge in [-0.1, -0.05) is 13.8 Å². The van der Waals surface area contributed by atoms with Gasteiger partial charge in [0.2, 0.25) is 0 Å². The van der Waals surface area contributed by atoms with E-state index in [1.807, 2.05) is 6.92 Å². The zero-order valence-electron chi connectivity index (χ0n) is 10.00. The first-order valence-electron chi connectivity index (χ1n) is 5.78. The summed E-state index contributed by atoms with van der Waals surface area (Å²) < 4.78 is 24.3. The van der Waals surface area contributed by atoms with Crippen LogP contribution in [0.3, 0.4) is 0 Å². The standard InChI is InChI=1S/C9H17N2O5P/c1-3-8-5-10(8)17(14)15-6-9(4-2,7-16-17)11(12)13/h8H,3-7H2,1-2H3/t8-,9?,10?,17?/m1/s1. The molecule has 1 unspecified atom stereocenters. The fourth-order valence-electron chi connectivity index (χ4n) is 1.88. The molecule has 0 radical (unpaired) electrons. The highest BCUT2D eigenvalue weighted by Gasteiger charge is 2.57. The fraction of sp³-hybridized carbons (Fsp3) is 1.00. The van der Waals surface area contributed by atoms with E-state index in [2.05, 4.69) is 0 Å². The van der Waals surface area contributed by atoms with E-state index in [-0.39, 0.29) is 19.3 Å². The number of nitro groups is 1. The van der Waals surface area contributed by atoms with Gasteiger partial charge < -0.3 is 0 Å². The quantitative estimate of drug-likeness (QED) is 0.332. The van der Waals surface area contributed by atoms with Crippen LogP contribution in [-0.2, 0) is 13.6 Å². The van der Waals surface area contributed by atoms with Crippen LogP contribution in [0.25, 0.3) is 0 Å². The molecule has 0 aromatic heterocycles. The van der Waals surface area contributed by atoms with Crippen LogP contribution in [0.2, 0.25) is 0 Å². The number of hydrogen-bond acceptors (Lipinski definition) is 5. The molecule has 2 saturated heterocycles. The smallest absolute Gasteiger partial charge is 0.289 e. The normalized spacial score (nSPS) is 45.5. The minimum absolute atomic E-state index is 0.138. The van der Waals surface area contributed by atoms with E-state index in [0.717, 1.165) is 6.42 Å². The van der Waals surface area contributed by atoms with E-state index >= 15 is 0 Å². The third-order valence-corrected chi connectivity index (χ3v) is 5.54. The van der Waals surface area contributed by atoms with Crippen molar-refractivity contribution in [3.05, 3.63) is 10.1 Å². The lowest BCUT2D eigenvalue weighted by atomic mass is 10.0. The van der Waals surface area contributed by atoms with E-state index in [0.29, 0.717) is 13.0 Å². The van der Waals surface area contributed by atoms with Crippen molar-refractivity contribution in [2.24, 2.45) is 0 Å². The molecule has 0 spiro atoms. The molecule has 2 rings (SSSR count). The summed E-state index contributed by atoms with van der Waals surface area (Å²) in [7, 11) is -3.25. The lowest BCUT2D eigenvalue weighted by Gasteiger charge is -2.32. The first-order chi connectivity index (χ1) is 7.97. The molecule has 2 heterocycles. The summed E-state index contributed by atoms with van der Waals surface area (Å²) in [6.45, 7) is 4.11. The molecule has 7 nitrogen and oxygen atoms in total. The van der Waals surface area contributed by atoms with Crippen molar-refractivity contribution in [2.45, 2.75) is 38.3 Å². The van der Waals surface area contributed by atoms with Crippen LogP contribution in [0.15, 0.2) is 0 Å². The number of hydrogen-bond donors (Lipinski definition) is 0. The minimum Gasteiger partial charge on any atom is -0.289 e. The van der Waals surface area contributed by atoms with Crippen LogP contribution in [0, 0.1) is 10.1 Å². The molecule has 2 fully saturated rings. The third kappa shape index (κ3) is 2.12. The molecule has 0 aliphatic carbocycles. The van der Waals surface area contributed by atoms with E-state index in [1.165, 1.54) is 0 Å². The van der Waals surface area contributed by atoms with Gasteiger partial charge in [0.1, 0.15) is 13.2 Å². The van der Waals surface area contributed by atoms with Crippen LogP contribution < -0.4 is 0 Å². The Kier molecular flexibility index (Phi) is 3.29. The molecule has 0 N–H and O–H groups in total. The van der Waals surface area contributed by atoms with Crippen molar-refractivity contribution in [1.82, 2.24) is 4.67 Å². The van der Waals surface area contributed by atoms with E-state index in [1.54, 1.807) is 11.6 Å². The van der Waals surface area contributed by atoms with Crippen LogP contribution in [-0.4, -0.2) is 40.9 Å². The maximum absolute atomic E-state index is 12.2. The Morgan fingerprint density at radius 1 is 1.47 bits per heavy atom. The average molecular weight is 264 g/mol. The second-order valence-corrected chi connectivity index (χ2v) is 6.50. The lowest BCUT2D eigenvalue weighted by molar-refractivity contribution is -0.578. The highest BCUT2D eigenvalue weighted by atomic mass is 31.2. The van der Waals surface area contributed by atoms with Gasteiger partial charge in [0.05, 0.1) is 0 Å². The monoisotopic (exact) mass is 264 g/mol. The Balaban J connectivity index is 2.02. The molecule has 0 saturated carbocycles. The zero-order chi connectivity index (χ0) is 12.7. The van der Waals surface area contributed by atoms with Crippen LogP contribution >= 0.6 is 7.75 Å². The fourth-order valence-corrected chi connectivity index (χ4v) is 4.01. The Hall–Kier alpha value is -0.490. The second kappa shape index (κ2) is 4.31. The topological polar surface area (TPSA) is 81.7 Å². The molecular weight excluding hydrogens is 247 g/mol. The van der Waals surface area contributed by atoms with Crippen molar-refractivity contribution < 1.29 is 18.5 Å². The van der Waals surface area contributed by atoms with E-state index in [9.17, 15) is 14.7 Å². The van der Waals surface area contributed by atoms with Gasteiger partial charge in [-0.25, -0.2) is 9.24 Å². The SMILES string of the molecule is CC[C@@H]1CN1P1(=O)OCC(CC)([N+](=O)[O-])CO1. The molecule has 0 amide bonds. The summed E-state index contributed by atoms with van der Waals surface area (Å²) >= 11 is 0. The molecule has 17 heavy (non-hydrogen) atoms. The molecule has 98 valence electrons. The molecule has 0 bridgehead atoms. The first kappa shape index (κ1) is 13.0. The molecule has 2 aliphatic heterocycles. The molecule has 2 atom stereocenters. The highest BCUT2D eigenvalue weighted by Crippen LogP contribution is 2.61. The predicted octanol–water partition coefficient (Wildman–Crippen LogP) is 1.66. The lowest BCUT2D eigenvalue weighted by Crippen LogP contribution is -2.49. The number of rotatable bonds is 4. The average Bonchev–Trinajstić information content (AvgIpc) is 3.10. The summed E-state index contributed by atoms with van der Waals surface area (Å²) in [6.07, 6.45) is 1.18. The van der Waals surface area contributed by atoms with Gasteiger partial charge in [-0.2, -0.15) is 0 Å². The summed E-state index contributed by atoms with van der Waals surface area (Å²) in [4.78, 5) is 10.6. The van der Waals surface area contributed by atoms with Crippen molar-refractivity contribution in [1.29, 1.82) is 0 Å². The Bertz CT molecular complexity index is 362. The maximum atomic E-state index is 12.2. The Labute approximate surface area is 99.8 Å². The number of nitrogens with zero attached hydrogens (tertiary/aromatic N) is 2. The minimum atomic E-state index is -3.25. The molecule has 2 aliphatic rings. The maximum Gasteiger partial charge on any atom is 0.409 e. The van der Waals surface area contributed by atoms with E-state index in [4.69, 9.17) is 9.05 Å². The third-order valence-electron chi connectivity index (χ3n) is 3.51. The van der Waals surface area contributed by atoms with Gasteiger partial charge in [-0.05, 0) is 6.42 Å². The summed E-state index contributed by atoms with van der Waals surface area (Å²) in [5.74, 6) is 0. The second-order valence-electron chi connectivity index (χ2n) is 4.53. The predicted molar refractivity (Wildman–Crippen MR) is 60.3 cm³/mol. The van der Waals surface area contributed by atoms with Gasteiger partial charge in [-0.15, -0.1) is 0 Å².